The molecule has 0 fully saturated rings. The number of aryl methyl sites for hydroxylation is 1. The third-order valence-electron chi connectivity index (χ3n) is 2.62. The fourth-order valence-electron chi connectivity index (χ4n) is 1.74. The summed E-state index contributed by atoms with van der Waals surface area (Å²) in [6.07, 6.45) is 1.74. The third kappa shape index (κ3) is 2.88. The van der Waals surface area contributed by atoms with E-state index < -0.39 is 0 Å². The molecular formula is C13H11BrN4OS. The predicted molar refractivity (Wildman–Crippen MR) is 81.6 cm³/mol. The fraction of sp³-hybridized carbons (Fsp3) is 0.154. The first kappa shape index (κ1) is 13.3. The number of rotatable bonds is 4. The first-order valence-corrected chi connectivity index (χ1v) is 7.62. The van der Waals surface area contributed by atoms with Gasteiger partial charge in [-0.3, -0.25) is 0 Å². The summed E-state index contributed by atoms with van der Waals surface area (Å²) < 4.78 is 6.29. The molecule has 0 radical (unpaired) electrons. The Morgan fingerprint density at radius 2 is 2.35 bits per heavy atom. The van der Waals surface area contributed by atoms with Crippen LogP contribution in [0.4, 0.5) is 5.82 Å². The standard InChI is InChI=1S/C13H11BrN4OS/c1-8-17-13(19-18-8)11-3-2-4-15-12(11)16-6-10-5-9(14)7-20-10/h2-5,7H,6H2,1H3,(H,15,16). The molecular weight excluding hydrogens is 340 g/mol. The highest BCUT2D eigenvalue weighted by Gasteiger charge is 2.12. The highest BCUT2D eigenvalue weighted by atomic mass is 79.9. The molecule has 0 aromatic carbocycles. The molecule has 3 aromatic rings. The van der Waals surface area contributed by atoms with Crippen molar-refractivity contribution >= 4 is 33.1 Å². The lowest BCUT2D eigenvalue weighted by molar-refractivity contribution is 0.425. The summed E-state index contributed by atoms with van der Waals surface area (Å²) in [6.45, 7) is 2.49. The lowest BCUT2D eigenvalue weighted by atomic mass is 10.2. The Bertz CT molecular complexity index is 724. The summed E-state index contributed by atoms with van der Waals surface area (Å²) in [4.78, 5) is 9.80. The van der Waals surface area contributed by atoms with E-state index in [0.717, 1.165) is 15.9 Å². The van der Waals surface area contributed by atoms with E-state index in [0.29, 0.717) is 18.3 Å². The molecule has 0 spiro atoms. The van der Waals surface area contributed by atoms with Crippen LogP contribution in [0.25, 0.3) is 11.5 Å². The maximum absolute atomic E-state index is 5.20. The van der Waals surface area contributed by atoms with Crippen molar-refractivity contribution in [2.24, 2.45) is 0 Å². The maximum Gasteiger partial charge on any atom is 0.261 e. The quantitative estimate of drug-likeness (QED) is 0.773. The van der Waals surface area contributed by atoms with Gasteiger partial charge in [-0.25, -0.2) is 4.98 Å². The highest BCUT2D eigenvalue weighted by Crippen LogP contribution is 2.26. The van der Waals surface area contributed by atoms with Gasteiger partial charge in [0.1, 0.15) is 5.82 Å². The van der Waals surface area contributed by atoms with E-state index in [-0.39, 0.29) is 0 Å². The zero-order chi connectivity index (χ0) is 13.9. The van der Waals surface area contributed by atoms with E-state index in [9.17, 15) is 0 Å². The highest BCUT2D eigenvalue weighted by molar-refractivity contribution is 9.10. The minimum absolute atomic E-state index is 0.477. The van der Waals surface area contributed by atoms with Crippen LogP contribution < -0.4 is 5.32 Å². The molecule has 0 bridgehead atoms. The molecule has 0 aliphatic carbocycles. The minimum Gasteiger partial charge on any atom is -0.365 e. The molecule has 3 heterocycles. The smallest absolute Gasteiger partial charge is 0.261 e. The second kappa shape index (κ2) is 5.72. The average molecular weight is 351 g/mol. The number of anilines is 1. The van der Waals surface area contributed by atoms with E-state index >= 15 is 0 Å². The Hall–Kier alpha value is -1.73. The van der Waals surface area contributed by atoms with Gasteiger partial charge in [0.05, 0.1) is 12.1 Å². The van der Waals surface area contributed by atoms with Crippen LogP contribution in [0.15, 0.2) is 38.8 Å². The zero-order valence-electron chi connectivity index (χ0n) is 10.6. The van der Waals surface area contributed by atoms with Crippen molar-refractivity contribution < 1.29 is 4.52 Å². The first-order chi connectivity index (χ1) is 9.72. The molecule has 0 unspecified atom stereocenters. The van der Waals surface area contributed by atoms with Gasteiger partial charge in [-0.05, 0) is 41.1 Å². The number of thiophene rings is 1. The number of aromatic nitrogens is 3. The van der Waals surface area contributed by atoms with Crippen molar-refractivity contribution in [1.29, 1.82) is 0 Å². The molecule has 102 valence electrons. The Kier molecular flexibility index (Phi) is 3.79. The second-order valence-electron chi connectivity index (χ2n) is 4.13. The normalized spacial score (nSPS) is 10.7. The van der Waals surface area contributed by atoms with E-state index in [1.807, 2.05) is 12.1 Å². The number of nitrogens with one attached hydrogen (secondary N) is 1. The number of hydrogen-bond donors (Lipinski definition) is 1. The number of pyridine rings is 1. The lowest BCUT2D eigenvalue weighted by Crippen LogP contribution is -2.01. The van der Waals surface area contributed by atoms with Gasteiger partial charge in [-0.2, -0.15) is 4.98 Å². The summed E-state index contributed by atoms with van der Waals surface area (Å²) >= 11 is 5.13. The lowest BCUT2D eigenvalue weighted by Gasteiger charge is -2.06. The molecule has 7 heteroatoms. The summed E-state index contributed by atoms with van der Waals surface area (Å²) in [5.74, 6) is 1.82. The zero-order valence-corrected chi connectivity index (χ0v) is 13.0. The SMILES string of the molecule is Cc1noc(-c2cccnc2NCc2cc(Br)cs2)n1. The van der Waals surface area contributed by atoms with Gasteiger partial charge >= 0.3 is 0 Å². The molecule has 0 aliphatic heterocycles. The van der Waals surface area contributed by atoms with Crippen LogP contribution >= 0.6 is 27.3 Å². The van der Waals surface area contributed by atoms with Gasteiger partial charge < -0.3 is 9.84 Å². The molecule has 0 aliphatic rings. The van der Waals surface area contributed by atoms with Gasteiger partial charge in [0.2, 0.25) is 0 Å². The number of halogens is 1. The predicted octanol–water partition coefficient (Wildman–Crippen LogP) is 3.88. The van der Waals surface area contributed by atoms with Crippen molar-refractivity contribution in [1.82, 2.24) is 15.1 Å². The molecule has 1 N–H and O–H groups in total. The van der Waals surface area contributed by atoms with Crippen molar-refractivity contribution in [2.75, 3.05) is 5.32 Å². The van der Waals surface area contributed by atoms with Crippen molar-refractivity contribution in [2.45, 2.75) is 13.5 Å². The molecule has 5 nitrogen and oxygen atoms in total. The Balaban J connectivity index is 1.83. The van der Waals surface area contributed by atoms with Crippen LogP contribution in [-0.2, 0) is 6.54 Å². The fourth-order valence-corrected chi connectivity index (χ4v) is 3.13. The van der Waals surface area contributed by atoms with Crippen LogP contribution in [0.2, 0.25) is 0 Å². The third-order valence-corrected chi connectivity index (χ3v) is 4.32. The molecule has 3 aromatic heterocycles. The van der Waals surface area contributed by atoms with Crippen LogP contribution in [0.1, 0.15) is 10.7 Å². The van der Waals surface area contributed by atoms with Crippen molar-refractivity contribution in [3.63, 3.8) is 0 Å². The Labute approximate surface area is 128 Å². The van der Waals surface area contributed by atoms with Crippen molar-refractivity contribution in [3.8, 4) is 11.5 Å². The molecule has 0 saturated carbocycles. The van der Waals surface area contributed by atoms with Crippen LogP contribution in [0.3, 0.4) is 0 Å². The first-order valence-electron chi connectivity index (χ1n) is 5.95. The van der Waals surface area contributed by atoms with E-state index in [4.69, 9.17) is 4.52 Å². The van der Waals surface area contributed by atoms with Gasteiger partial charge in [0.25, 0.3) is 5.89 Å². The number of hydrogen-bond acceptors (Lipinski definition) is 6. The molecule has 20 heavy (non-hydrogen) atoms. The van der Waals surface area contributed by atoms with E-state index in [2.05, 4.69) is 47.8 Å². The summed E-state index contributed by atoms with van der Waals surface area (Å²) in [5.41, 5.74) is 0.809. The van der Waals surface area contributed by atoms with E-state index in [1.165, 1.54) is 4.88 Å². The summed E-state index contributed by atoms with van der Waals surface area (Å²) in [6, 6.07) is 5.84. The van der Waals surface area contributed by atoms with Crippen molar-refractivity contribution in [3.05, 3.63) is 45.0 Å². The van der Waals surface area contributed by atoms with Crippen LogP contribution in [0, 0.1) is 6.92 Å². The molecule has 0 amide bonds. The minimum atomic E-state index is 0.477. The van der Waals surface area contributed by atoms with Gasteiger partial charge in [0, 0.05) is 20.9 Å². The molecule has 0 saturated heterocycles. The Morgan fingerprint density at radius 1 is 1.45 bits per heavy atom. The van der Waals surface area contributed by atoms with Gasteiger partial charge in [0.15, 0.2) is 5.82 Å². The van der Waals surface area contributed by atoms with Gasteiger partial charge in [-0.1, -0.05) is 5.16 Å². The topological polar surface area (TPSA) is 63.8 Å². The monoisotopic (exact) mass is 350 g/mol. The maximum atomic E-state index is 5.20. The second-order valence-corrected chi connectivity index (χ2v) is 6.04. The van der Waals surface area contributed by atoms with Gasteiger partial charge in [-0.15, -0.1) is 11.3 Å². The van der Waals surface area contributed by atoms with Crippen LogP contribution in [-0.4, -0.2) is 15.1 Å². The summed E-state index contributed by atoms with van der Waals surface area (Å²) in [7, 11) is 0. The summed E-state index contributed by atoms with van der Waals surface area (Å²) in [5, 5.41) is 9.16. The van der Waals surface area contributed by atoms with E-state index in [1.54, 1.807) is 24.5 Å². The molecule has 3 rings (SSSR count). The largest absolute Gasteiger partial charge is 0.365 e. The number of nitrogens with zero attached hydrogens (tertiary/aromatic N) is 3. The Morgan fingerprint density at radius 3 is 3.05 bits per heavy atom. The average Bonchev–Trinajstić information content (AvgIpc) is 3.06. The van der Waals surface area contributed by atoms with Crippen LogP contribution in [0.5, 0.6) is 0 Å². The molecule has 0 atom stereocenters.